The van der Waals surface area contributed by atoms with Gasteiger partial charge in [-0.05, 0) is 125 Å². The lowest BCUT2D eigenvalue weighted by molar-refractivity contribution is 0.0629. The molecule has 4 fully saturated rings. The molecule has 11 nitrogen and oxygen atoms in total. The summed E-state index contributed by atoms with van der Waals surface area (Å²) in [6.07, 6.45) is 12.1. The van der Waals surface area contributed by atoms with Gasteiger partial charge < -0.3 is 14.2 Å². The summed E-state index contributed by atoms with van der Waals surface area (Å²) in [7, 11) is -2.15. The van der Waals surface area contributed by atoms with Crippen molar-refractivity contribution in [1.29, 1.82) is 0 Å². The Hall–Kier alpha value is -4.42. The largest absolute Gasteiger partial charge is 0.497 e. The van der Waals surface area contributed by atoms with E-state index in [4.69, 9.17) is 9.84 Å². The second-order valence-electron chi connectivity index (χ2n) is 17.0. The Morgan fingerprint density at radius 1 is 0.946 bits per heavy atom. The molecule has 296 valence electrons. The van der Waals surface area contributed by atoms with Gasteiger partial charge in [-0.2, -0.15) is 5.10 Å². The number of aryl methyl sites for hydroxylation is 1. The van der Waals surface area contributed by atoms with Crippen LogP contribution < -0.4 is 9.46 Å². The van der Waals surface area contributed by atoms with Gasteiger partial charge in [-0.25, -0.2) is 13.1 Å². The zero-order valence-corrected chi connectivity index (χ0v) is 34.1. The zero-order valence-electron chi connectivity index (χ0n) is 33.3. The molecule has 1 N–H and O–H groups in total. The van der Waals surface area contributed by atoms with Crippen molar-refractivity contribution in [3.63, 3.8) is 0 Å². The fraction of sp³-hybridized carbons (Fsp3) is 0.523. The monoisotopic (exact) mass is 778 g/mol. The fourth-order valence-corrected chi connectivity index (χ4v) is 10.8. The van der Waals surface area contributed by atoms with Crippen LogP contribution in [-0.2, 0) is 16.6 Å². The van der Waals surface area contributed by atoms with Gasteiger partial charge >= 0.3 is 0 Å². The number of sulfonamides is 1. The number of allylic oxidation sites excluding steroid dienone is 1. The third kappa shape index (κ3) is 6.09. The number of methoxy groups -OCH3 is 1. The second kappa shape index (κ2) is 14.2. The number of likely N-dealkylation sites (tertiary alicyclic amines) is 2. The number of fused-ring (bicyclic) bond motifs is 7. The average Bonchev–Trinajstić information content (AvgIpc) is 3.91. The average molecular weight is 779 g/mol. The molecule has 2 bridgehead atoms. The van der Waals surface area contributed by atoms with Crippen LogP contribution in [0, 0.1) is 6.92 Å². The van der Waals surface area contributed by atoms with Crippen LogP contribution in [0.5, 0.6) is 5.75 Å². The van der Waals surface area contributed by atoms with Crippen LogP contribution in [0.4, 0.5) is 0 Å². The molecule has 0 unspecified atom stereocenters. The first kappa shape index (κ1) is 37.2. The molecule has 0 radical (unpaired) electrons. The predicted octanol–water partition coefficient (Wildman–Crippen LogP) is 7.54. The van der Waals surface area contributed by atoms with Gasteiger partial charge in [-0.15, -0.1) is 0 Å². The molecule has 2 aromatic heterocycles. The second-order valence-corrected chi connectivity index (χ2v) is 19.2. The van der Waals surface area contributed by atoms with Crippen LogP contribution in [0.1, 0.15) is 134 Å². The maximum atomic E-state index is 14.9. The van der Waals surface area contributed by atoms with Crippen molar-refractivity contribution in [3.8, 4) is 17.0 Å². The van der Waals surface area contributed by atoms with Crippen molar-refractivity contribution in [1.82, 2.24) is 28.9 Å². The lowest BCUT2D eigenvalue weighted by Gasteiger charge is -2.34. The van der Waals surface area contributed by atoms with Crippen LogP contribution in [0.15, 0.2) is 36.4 Å². The summed E-state index contributed by atoms with van der Waals surface area (Å²) in [5.41, 5.74) is 8.94. The number of nitrogens with zero attached hydrogens (tertiary/aromatic N) is 5. The third-order valence-electron chi connectivity index (χ3n) is 13.5. The summed E-state index contributed by atoms with van der Waals surface area (Å²) in [6.45, 7) is 10.4. The summed E-state index contributed by atoms with van der Waals surface area (Å²) >= 11 is 0. The maximum Gasteiger partial charge on any atom is 0.264 e. The van der Waals surface area contributed by atoms with Gasteiger partial charge in [0.05, 0.1) is 47.6 Å². The molecule has 12 heteroatoms. The first-order chi connectivity index (χ1) is 27.0. The SMILES string of the molecule is CCN1C[C@@H]2C[C@H]1CN2C(=O)c1c(C)nn(C2CCC2)c1C1=Cc2cc(OC)ccc2-c2c(C3CCCCC3)c3ccc(C(=O)NS(=O)(=O)C(C)C)cc3n2C1. The van der Waals surface area contributed by atoms with Gasteiger partial charge in [0, 0.05) is 47.2 Å². The minimum absolute atomic E-state index is 0.0631. The van der Waals surface area contributed by atoms with Gasteiger partial charge in [0.1, 0.15) is 5.75 Å². The molecule has 2 saturated heterocycles. The number of amides is 2. The Kier molecular flexibility index (Phi) is 9.42. The summed E-state index contributed by atoms with van der Waals surface area (Å²) in [4.78, 5) is 33.2. The molecule has 2 atom stereocenters. The van der Waals surface area contributed by atoms with E-state index in [9.17, 15) is 18.0 Å². The van der Waals surface area contributed by atoms with E-state index in [1.807, 2.05) is 25.1 Å². The van der Waals surface area contributed by atoms with Gasteiger partial charge in [-0.3, -0.25) is 19.2 Å². The number of hydrogen-bond donors (Lipinski definition) is 1. The molecule has 5 aliphatic rings. The summed E-state index contributed by atoms with van der Waals surface area (Å²) in [6, 6.07) is 12.7. The number of carbonyl (C=O) groups is 2. The summed E-state index contributed by atoms with van der Waals surface area (Å²) in [5, 5.41) is 5.50. The van der Waals surface area contributed by atoms with E-state index >= 15 is 0 Å². The Morgan fingerprint density at radius 2 is 1.73 bits per heavy atom. The number of piperazine rings is 1. The Bertz CT molecular complexity index is 2380. The number of aromatic nitrogens is 3. The summed E-state index contributed by atoms with van der Waals surface area (Å²) in [5.74, 6) is 0.501. The molecule has 3 aliphatic heterocycles. The van der Waals surface area contributed by atoms with Crippen molar-refractivity contribution in [2.75, 3.05) is 26.7 Å². The highest BCUT2D eigenvalue weighted by Gasteiger charge is 2.46. The molecular formula is C44H54N6O5S. The standard InChI is InChI=1S/C44H54N6O5S/c1-6-47-24-34-22-33(47)25-48(34)44(52)39-27(4)45-50(32-13-10-14-32)41(39)31-19-30-20-35(55-5)16-18-36(30)42-40(28-11-8-7-9-12-28)37-17-15-29(21-38(37)49(42)23-31)43(51)46-56(53,54)26(2)3/h15-21,26,28,32-34H,6-14,22-25H2,1-5H3,(H,46,51)/t33-,34-/m0/s1. The highest BCUT2D eigenvalue weighted by Crippen LogP contribution is 2.49. The van der Waals surface area contributed by atoms with Crippen molar-refractivity contribution in [2.24, 2.45) is 0 Å². The first-order valence-electron chi connectivity index (χ1n) is 20.7. The quantitative estimate of drug-likeness (QED) is 0.187. The molecule has 4 aromatic rings. The van der Waals surface area contributed by atoms with Crippen LogP contribution in [0.2, 0.25) is 0 Å². The van der Waals surface area contributed by atoms with Crippen LogP contribution in [0.3, 0.4) is 0 Å². The van der Waals surface area contributed by atoms with E-state index in [0.717, 1.165) is 121 Å². The van der Waals surface area contributed by atoms with Crippen molar-refractivity contribution in [2.45, 2.75) is 121 Å². The van der Waals surface area contributed by atoms with Gasteiger partial charge in [0.25, 0.3) is 11.8 Å². The molecular weight excluding hydrogens is 725 g/mol. The van der Waals surface area contributed by atoms with Gasteiger partial charge in [0.2, 0.25) is 10.0 Å². The lowest BCUT2D eigenvalue weighted by Crippen LogP contribution is -2.48. The van der Waals surface area contributed by atoms with Gasteiger partial charge in [0.15, 0.2) is 0 Å². The first-order valence-corrected chi connectivity index (χ1v) is 22.3. The number of likely N-dealkylation sites (N-methyl/N-ethyl adjacent to an activating group) is 1. The van der Waals surface area contributed by atoms with E-state index < -0.39 is 21.2 Å². The summed E-state index contributed by atoms with van der Waals surface area (Å²) < 4.78 is 38.3. The van der Waals surface area contributed by atoms with Crippen LogP contribution in [-0.4, -0.2) is 88.5 Å². The molecule has 2 saturated carbocycles. The Balaban J connectivity index is 1.25. The van der Waals surface area contributed by atoms with E-state index in [1.54, 1.807) is 27.0 Å². The molecule has 2 aliphatic carbocycles. The molecule has 0 spiro atoms. The van der Waals surface area contributed by atoms with Crippen molar-refractivity contribution < 1.29 is 22.7 Å². The van der Waals surface area contributed by atoms with E-state index in [0.29, 0.717) is 29.6 Å². The molecule has 56 heavy (non-hydrogen) atoms. The highest BCUT2D eigenvalue weighted by atomic mass is 32.2. The smallest absolute Gasteiger partial charge is 0.264 e. The van der Waals surface area contributed by atoms with Crippen molar-refractivity contribution >= 4 is 44.4 Å². The lowest BCUT2D eigenvalue weighted by atomic mass is 9.81. The van der Waals surface area contributed by atoms with E-state index in [2.05, 4.69) is 48.9 Å². The minimum atomic E-state index is -3.84. The number of nitrogens with one attached hydrogen (secondary N) is 1. The molecule has 9 rings (SSSR count). The topological polar surface area (TPSA) is 119 Å². The third-order valence-corrected chi connectivity index (χ3v) is 15.2. The fourth-order valence-electron chi connectivity index (χ4n) is 10.2. The number of rotatable bonds is 9. The Labute approximate surface area is 330 Å². The minimum Gasteiger partial charge on any atom is -0.497 e. The predicted molar refractivity (Wildman–Crippen MR) is 219 cm³/mol. The van der Waals surface area contributed by atoms with E-state index in [1.165, 1.54) is 12.0 Å². The van der Waals surface area contributed by atoms with E-state index in [-0.39, 0.29) is 18.0 Å². The zero-order chi connectivity index (χ0) is 39.0. The van der Waals surface area contributed by atoms with Gasteiger partial charge in [-0.1, -0.05) is 32.3 Å². The van der Waals surface area contributed by atoms with Crippen LogP contribution in [0.25, 0.3) is 33.8 Å². The Morgan fingerprint density at radius 3 is 2.39 bits per heavy atom. The molecule has 5 heterocycles. The molecule has 2 amide bonds. The number of benzene rings is 2. The molecule has 2 aromatic carbocycles. The van der Waals surface area contributed by atoms with Crippen molar-refractivity contribution in [3.05, 3.63) is 70.0 Å². The number of carbonyl (C=O) groups excluding carboxylic acids is 2. The van der Waals surface area contributed by atoms with Crippen LogP contribution >= 0.6 is 0 Å². The number of ether oxygens (including phenoxy) is 1. The number of hydrogen-bond acceptors (Lipinski definition) is 7. The normalized spacial score (nSPS) is 21.5. The highest BCUT2D eigenvalue weighted by molar-refractivity contribution is 7.90. The maximum absolute atomic E-state index is 14.9.